The molecule has 0 atom stereocenters. The molecule has 0 bridgehead atoms. The summed E-state index contributed by atoms with van der Waals surface area (Å²) in [6.45, 7) is 1.91. The van der Waals surface area contributed by atoms with Gasteiger partial charge >= 0.3 is 0 Å². The van der Waals surface area contributed by atoms with Crippen LogP contribution < -0.4 is 4.74 Å². The minimum absolute atomic E-state index is 0.0230. The van der Waals surface area contributed by atoms with Crippen LogP contribution in [0, 0.1) is 6.92 Å². The molecule has 0 aliphatic carbocycles. The standard InChI is InChI=1S/C13H11BrO3/c1-9-4-5-10(14)7-13(9)17-8-11(15)12-3-2-6-16-12/h2-7H,8H2,1H3. The summed E-state index contributed by atoms with van der Waals surface area (Å²) in [5.74, 6) is 0.839. The van der Waals surface area contributed by atoms with Crippen molar-refractivity contribution in [2.24, 2.45) is 0 Å². The molecule has 1 heterocycles. The topological polar surface area (TPSA) is 39.4 Å². The van der Waals surface area contributed by atoms with Gasteiger partial charge in [0, 0.05) is 4.47 Å². The van der Waals surface area contributed by atoms with Crippen LogP contribution >= 0.6 is 15.9 Å². The number of ketones is 1. The second-order valence-corrected chi connectivity index (χ2v) is 4.51. The van der Waals surface area contributed by atoms with Crippen molar-refractivity contribution in [2.45, 2.75) is 6.92 Å². The van der Waals surface area contributed by atoms with Crippen LogP contribution in [0.5, 0.6) is 5.75 Å². The van der Waals surface area contributed by atoms with Crippen molar-refractivity contribution >= 4 is 21.7 Å². The summed E-state index contributed by atoms with van der Waals surface area (Å²) in [6.07, 6.45) is 1.47. The van der Waals surface area contributed by atoms with Crippen molar-refractivity contribution in [2.75, 3.05) is 6.61 Å². The smallest absolute Gasteiger partial charge is 0.235 e. The normalized spacial score (nSPS) is 10.2. The van der Waals surface area contributed by atoms with Crippen LogP contribution in [0.1, 0.15) is 16.1 Å². The highest BCUT2D eigenvalue weighted by Crippen LogP contribution is 2.23. The lowest BCUT2D eigenvalue weighted by molar-refractivity contribution is 0.0893. The number of furan rings is 1. The second-order valence-electron chi connectivity index (χ2n) is 3.60. The molecule has 2 rings (SSSR count). The Balaban J connectivity index is 2.03. The lowest BCUT2D eigenvalue weighted by Crippen LogP contribution is -2.11. The third-order valence-corrected chi connectivity index (χ3v) is 2.80. The highest BCUT2D eigenvalue weighted by molar-refractivity contribution is 9.10. The Labute approximate surface area is 108 Å². The van der Waals surface area contributed by atoms with Gasteiger partial charge in [-0.2, -0.15) is 0 Å². The Hall–Kier alpha value is -1.55. The molecule has 0 aliphatic heterocycles. The molecule has 0 saturated heterocycles. The van der Waals surface area contributed by atoms with E-state index in [0.29, 0.717) is 11.5 Å². The fraction of sp³-hybridized carbons (Fsp3) is 0.154. The molecule has 0 amide bonds. The number of halogens is 1. The fourth-order valence-electron chi connectivity index (χ4n) is 1.38. The van der Waals surface area contributed by atoms with Gasteiger partial charge in [0.25, 0.3) is 0 Å². The van der Waals surface area contributed by atoms with Crippen molar-refractivity contribution in [3.05, 3.63) is 52.4 Å². The van der Waals surface area contributed by atoms with E-state index in [-0.39, 0.29) is 12.4 Å². The monoisotopic (exact) mass is 294 g/mol. The minimum atomic E-state index is -0.172. The Kier molecular flexibility index (Phi) is 3.64. The van der Waals surface area contributed by atoms with Gasteiger partial charge in [0.2, 0.25) is 5.78 Å². The number of hydrogen-bond acceptors (Lipinski definition) is 3. The maximum absolute atomic E-state index is 11.6. The number of carbonyl (C=O) groups excluding carboxylic acids is 1. The van der Waals surface area contributed by atoms with E-state index in [1.54, 1.807) is 12.1 Å². The van der Waals surface area contributed by atoms with Gasteiger partial charge in [-0.3, -0.25) is 4.79 Å². The number of benzene rings is 1. The Morgan fingerprint density at radius 1 is 1.41 bits per heavy atom. The minimum Gasteiger partial charge on any atom is -0.485 e. The molecule has 0 saturated carbocycles. The predicted molar refractivity (Wildman–Crippen MR) is 67.4 cm³/mol. The number of rotatable bonds is 4. The average Bonchev–Trinajstić information content (AvgIpc) is 2.83. The van der Waals surface area contributed by atoms with Crippen molar-refractivity contribution in [1.29, 1.82) is 0 Å². The van der Waals surface area contributed by atoms with Gasteiger partial charge in [0.15, 0.2) is 12.4 Å². The number of Topliss-reactive ketones (excluding diaryl/α,β-unsaturated/α-hetero) is 1. The van der Waals surface area contributed by atoms with E-state index in [1.807, 2.05) is 25.1 Å². The average molecular weight is 295 g/mol. The van der Waals surface area contributed by atoms with Gasteiger partial charge < -0.3 is 9.15 Å². The van der Waals surface area contributed by atoms with E-state index < -0.39 is 0 Å². The van der Waals surface area contributed by atoms with Gasteiger partial charge in [-0.05, 0) is 36.8 Å². The largest absolute Gasteiger partial charge is 0.485 e. The summed E-state index contributed by atoms with van der Waals surface area (Å²) in [5.41, 5.74) is 0.987. The number of aryl methyl sites for hydroxylation is 1. The zero-order chi connectivity index (χ0) is 12.3. The molecule has 0 aliphatic rings. The number of hydrogen-bond donors (Lipinski definition) is 0. The highest BCUT2D eigenvalue weighted by atomic mass is 79.9. The van der Waals surface area contributed by atoms with Crippen molar-refractivity contribution < 1.29 is 13.9 Å². The van der Waals surface area contributed by atoms with E-state index in [0.717, 1.165) is 10.0 Å². The predicted octanol–water partition coefficient (Wildman–Crippen LogP) is 3.61. The highest BCUT2D eigenvalue weighted by Gasteiger charge is 2.10. The van der Waals surface area contributed by atoms with Gasteiger partial charge in [0.1, 0.15) is 5.75 Å². The van der Waals surface area contributed by atoms with Gasteiger partial charge in [0.05, 0.1) is 6.26 Å². The van der Waals surface area contributed by atoms with Crippen LogP contribution in [0.3, 0.4) is 0 Å². The number of carbonyl (C=O) groups is 1. The Morgan fingerprint density at radius 2 is 2.24 bits per heavy atom. The van der Waals surface area contributed by atoms with Crippen LogP contribution in [-0.2, 0) is 0 Å². The van der Waals surface area contributed by atoms with Crippen LogP contribution in [0.2, 0.25) is 0 Å². The Morgan fingerprint density at radius 3 is 2.94 bits per heavy atom. The maximum atomic E-state index is 11.6. The van der Waals surface area contributed by atoms with Crippen molar-refractivity contribution in [3.63, 3.8) is 0 Å². The summed E-state index contributed by atoms with van der Waals surface area (Å²) >= 11 is 3.36. The van der Waals surface area contributed by atoms with E-state index in [9.17, 15) is 4.79 Å². The molecule has 2 aromatic rings. The third kappa shape index (κ3) is 2.97. The Bertz CT molecular complexity index is 517. The van der Waals surface area contributed by atoms with E-state index in [4.69, 9.17) is 9.15 Å². The van der Waals surface area contributed by atoms with Crippen LogP contribution in [-0.4, -0.2) is 12.4 Å². The molecule has 1 aromatic heterocycles. The summed E-state index contributed by atoms with van der Waals surface area (Å²) in [7, 11) is 0. The molecule has 1 aromatic carbocycles. The molecule has 0 N–H and O–H groups in total. The van der Waals surface area contributed by atoms with Crippen LogP contribution in [0.25, 0.3) is 0 Å². The van der Waals surface area contributed by atoms with Crippen molar-refractivity contribution in [1.82, 2.24) is 0 Å². The molecule has 0 fully saturated rings. The van der Waals surface area contributed by atoms with Crippen LogP contribution in [0.15, 0.2) is 45.5 Å². The molecule has 0 unspecified atom stereocenters. The number of ether oxygens (including phenoxy) is 1. The molecule has 3 nitrogen and oxygen atoms in total. The first-order chi connectivity index (χ1) is 8.16. The van der Waals surface area contributed by atoms with E-state index in [2.05, 4.69) is 15.9 Å². The van der Waals surface area contributed by atoms with Gasteiger partial charge in [-0.25, -0.2) is 0 Å². The quantitative estimate of drug-likeness (QED) is 0.809. The molecular weight excluding hydrogens is 284 g/mol. The van der Waals surface area contributed by atoms with E-state index >= 15 is 0 Å². The van der Waals surface area contributed by atoms with Gasteiger partial charge in [-0.15, -0.1) is 0 Å². The molecule has 88 valence electrons. The first-order valence-corrected chi connectivity index (χ1v) is 5.92. The lowest BCUT2D eigenvalue weighted by atomic mass is 10.2. The van der Waals surface area contributed by atoms with E-state index in [1.165, 1.54) is 6.26 Å². The van der Waals surface area contributed by atoms with Crippen LogP contribution in [0.4, 0.5) is 0 Å². The maximum Gasteiger partial charge on any atom is 0.235 e. The SMILES string of the molecule is Cc1ccc(Br)cc1OCC(=O)c1ccco1. The third-order valence-electron chi connectivity index (χ3n) is 2.30. The van der Waals surface area contributed by atoms with Crippen molar-refractivity contribution in [3.8, 4) is 5.75 Å². The first-order valence-electron chi connectivity index (χ1n) is 5.12. The molecule has 0 radical (unpaired) electrons. The summed E-state index contributed by atoms with van der Waals surface area (Å²) in [5, 5.41) is 0. The summed E-state index contributed by atoms with van der Waals surface area (Å²) in [4.78, 5) is 11.6. The lowest BCUT2D eigenvalue weighted by Gasteiger charge is -2.07. The fourth-order valence-corrected chi connectivity index (χ4v) is 1.72. The molecular formula is C13H11BrO3. The summed E-state index contributed by atoms with van der Waals surface area (Å²) in [6, 6.07) is 9.00. The zero-order valence-corrected chi connectivity index (χ0v) is 10.9. The molecule has 17 heavy (non-hydrogen) atoms. The second kappa shape index (κ2) is 5.19. The zero-order valence-electron chi connectivity index (χ0n) is 9.27. The molecule has 0 spiro atoms. The summed E-state index contributed by atoms with van der Waals surface area (Å²) < 4.78 is 11.4. The van der Waals surface area contributed by atoms with Gasteiger partial charge in [-0.1, -0.05) is 22.0 Å². The first kappa shape index (κ1) is 11.9. The molecule has 4 heteroatoms.